The Labute approximate surface area is 126 Å². The monoisotopic (exact) mass is 324 g/mol. The quantitative estimate of drug-likeness (QED) is 0.688. The van der Waals surface area contributed by atoms with Crippen LogP contribution in [0.4, 0.5) is 13.2 Å². The molecule has 0 saturated carbocycles. The van der Waals surface area contributed by atoms with E-state index >= 15 is 0 Å². The summed E-state index contributed by atoms with van der Waals surface area (Å²) in [6, 6.07) is 6.00. The first-order chi connectivity index (χ1) is 10.3. The maximum Gasteiger partial charge on any atom is 0.416 e. The van der Waals surface area contributed by atoms with Crippen molar-refractivity contribution in [2.75, 3.05) is 0 Å². The van der Waals surface area contributed by atoms with Crippen molar-refractivity contribution in [3.63, 3.8) is 0 Å². The van der Waals surface area contributed by atoms with E-state index in [2.05, 4.69) is 4.98 Å². The highest BCUT2D eigenvalue weighted by atomic mass is 32.1. The van der Waals surface area contributed by atoms with Gasteiger partial charge in [0.2, 0.25) is 0 Å². The minimum atomic E-state index is -4.40. The van der Waals surface area contributed by atoms with Gasteiger partial charge < -0.3 is 5.11 Å². The van der Waals surface area contributed by atoms with Crippen LogP contribution in [0, 0.1) is 11.3 Å². The number of benzene rings is 1. The van der Waals surface area contributed by atoms with Crippen molar-refractivity contribution in [3.05, 3.63) is 46.5 Å². The molecule has 0 bridgehead atoms. The van der Waals surface area contributed by atoms with Crippen molar-refractivity contribution in [1.82, 2.24) is 4.98 Å². The molecule has 0 saturated heterocycles. The number of hydrogen-bond acceptors (Lipinski definition) is 4. The standard InChI is InChI=1S/C14H7F3N2O2S/c15-14(16,17)10-3-1-8(2-4-10)12-19-11(7-22-12)5-9(6-18)13(20)21/h1-5,7H,(H,20,21). The number of aliphatic carboxylic acids is 1. The molecular formula is C14H7F3N2O2S. The van der Waals surface area contributed by atoms with Gasteiger partial charge in [0.1, 0.15) is 16.6 Å². The summed E-state index contributed by atoms with van der Waals surface area (Å²) in [4.78, 5) is 14.8. The van der Waals surface area contributed by atoms with Crippen molar-refractivity contribution in [1.29, 1.82) is 5.26 Å². The van der Waals surface area contributed by atoms with Crippen LogP contribution in [0.2, 0.25) is 0 Å². The number of thiazole rings is 1. The number of carboxylic acid groups (broad SMARTS) is 1. The predicted molar refractivity (Wildman–Crippen MR) is 73.8 cm³/mol. The molecule has 22 heavy (non-hydrogen) atoms. The average Bonchev–Trinajstić information content (AvgIpc) is 2.92. The maximum absolute atomic E-state index is 12.5. The number of halogens is 3. The van der Waals surface area contributed by atoms with E-state index in [0.717, 1.165) is 29.5 Å². The SMILES string of the molecule is N#CC(=Cc1csc(-c2ccc(C(F)(F)F)cc2)n1)C(=O)O. The van der Waals surface area contributed by atoms with E-state index in [1.807, 2.05) is 0 Å². The van der Waals surface area contributed by atoms with Crippen molar-refractivity contribution in [2.45, 2.75) is 6.18 Å². The summed E-state index contributed by atoms with van der Waals surface area (Å²) in [5.41, 5.74) is -0.486. The Kier molecular flexibility index (Phi) is 4.28. The van der Waals surface area contributed by atoms with E-state index in [1.54, 1.807) is 0 Å². The summed E-state index contributed by atoms with van der Waals surface area (Å²) in [7, 11) is 0. The molecule has 112 valence electrons. The van der Waals surface area contributed by atoms with Gasteiger partial charge in [-0.25, -0.2) is 9.78 Å². The maximum atomic E-state index is 12.5. The van der Waals surface area contributed by atoms with Crippen LogP contribution in [0.5, 0.6) is 0 Å². The van der Waals surface area contributed by atoms with E-state index in [1.165, 1.54) is 23.6 Å². The van der Waals surface area contributed by atoms with Crippen LogP contribution >= 0.6 is 11.3 Å². The summed E-state index contributed by atoms with van der Waals surface area (Å²) in [6.07, 6.45) is -3.30. The largest absolute Gasteiger partial charge is 0.477 e. The molecule has 0 aliphatic heterocycles. The first-order valence-corrected chi connectivity index (χ1v) is 6.67. The van der Waals surface area contributed by atoms with Gasteiger partial charge in [-0.05, 0) is 18.2 Å². The molecule has 0 unspecified atom stereocenters. The number of carboxylic acids is 1. The molecule has 0 spiro atoms. The van der Waals surface area contributed by atoms with Crippen LogP contribution in [0.15, 0.2) is 35.2 Å². The Bertz CT molecular complexity index is 771. The Morgan fingerprint density at radius 2 is 1.95 bits per heavy atom. The number of carbonyl (C=O) groups is 1. The first-order valence-electron chi connectivity index (χ1n) is 5.79. The summed E-state index contributed by atoms with van der Waals surface area (Å²) >= 11 is 1.14. The van der Waals surface area contributed by atoms with Gasteiger partial charge in [-0.1, -0.05) is 12.1 Å². The summed E-state index contributed by atoms with van der Waals surface area (Å²) in [6.45, 7) is 0. The van der Waals surface area contributed by atoms with Crippen LogP contribution in [-0.4, -0.2) is 16.1 Å². The Balaban J connectivity index is 2.29. The van der Waals surface area contributed by atoms with Crippen molar-refractivity contribution in [3.8, 4) is 16.6 Å². The van der Waals surface area contributed by atoms with Crippen LogP contribution in [0.1, 0.15) is 11.3 Å². The molecule has 1 aromatic heterocycles. The molecule has 0 atom stereocenters. The van der Waals surface area contributed by atoms with Crippen LogP contribution in [-0.2, 0) is 11.0 Å². The van der Waals surface area contributed by atoms with Crippen molar-refractivity contribution < 1.29 is 23.1 Å². The number of hydrogen-bond donors (Lipinski definition) is 1. The van der Waals surface area contributed by atoms with Gasteiger partial charge in [-0.2, -0.15) is 18.4 Å². The second kappa shape index (κ2) is 5.99. The third-order valence-corrected chi connectivity index (χ3v) is 3.53. The van der Waals surface area contributed by atoms with E-state index in [4.69, 9.17) is 10.4 Å². The molecule has 0 radical (unpaired) electrons. The van der Waals surface area contributed by atoms with Gasteiger partial charge in [0.25, 0.3) is 0 Å². The minimum Gasteiger partial charge on any atom is -0.477 e. The fourth-order valence-electron chi connectivity index (χ4n) is 1.58. The molecular weight excluding hydrogens is 317 g/mol. The summed E-state index contributed by atoms with van der Waals surface area (Å²) in [5.74, 6) is -1.37. The molecule has 1 N–H and O–H groups in total. The van der Waals surface area contributed by atoms with E-state index < -0.39 is 23.3 Å². The predicted octanol–water partition coefficient (Wildman–Crippen LogP) is 3.82. The van der Waals surface area contributed by atoms with Gasteiger partial charge in [0.05, 0.1) is 11.3 Å². The highest BCUT2D eigenvalue weighted by molar-refractivity contribution is 7.13. The fourth-order valence-corrected chi connectivity index (χ4v) is 2.36. The Hall–Kier alpha value is -2.66. The lowest BCUT2D eigenvalue weighted by atomic mass is 10.1. The zero-order chi connectivity index (χ0) is 16.3. The number of aromatic nitrogens is 1. The smallest absolute Gasteiger partial charge is 0.416 e. The van der Waals surface area contributed by atoms with Gasteiger partial charge in [0.15, 0.2) is 0 Å². The summed E-state index contributed by atoms with van der Waals surface area (Å²) < 4.78 is 37.4. The first kappa shape index (κ1) is 15.7. The third kappa shape index (κ3) is 3.51. The Morgan fingerprint density at radius 1 is 1.32 bits per heavy atom. The molecule has 0 amide bonds. The lowest BCUT2D eigenvalue weighted by Crippen LogP contribution is -2.03. The highest BCUT2D eigenvalue weighted by Gasteiger charge is 2.30. The van der Waals surface area contributed by atoms with E-state index in [9.17, 15) is 18.0 Å². The lowest BCUT2D eigenvalue weighted by Gasteiger charge is -2.06. The van der Waals surface area contributed by atoms with Gasteiger partial charge in [-0.3, -0.25) is 0 Å². The average molecular weight is 324 g/mol. The van der Waals surface area contributed by atoms with Crippen LogP contribution < -0.4 is 0 Å². The second-order valence-electron chi connectivity index (χ2n) is 4.13. The van der Waals surface area contributed by atoms with Crippen molar-refractivity contribution in [2.24, 2.45) is 0 Å². The molecule has 4 nitrogen and oxygen atoms in total. The van der Waals surface area contributed by atoms with Gasteiger partial charge in [-0.15, -0.1) is 11.3 Å². The number of alkyl halides is 3. The number of nitrogens with zero attached hydrogens (tertiary/aromatic N) is 2. The van der Waals surface area contributed by atoms with Crippen LogP contribution in [0.3, 0.4) is 0 Å². The van der Waals surface area contributed by atoms with E-state index in [-0.39, 0.29) is 5.69 Å². The molecule has 0 aliphatic carbocycles. The van der Waals surface area contributed by atoms with Crippen LogP contribution in [0.25, 0.3) is 16.6 Å². The topological polar surface area (TPSA) is 74.0 Å². The molecule has 2 aromatic rings. The number of rotatable bonds is 3. The molecule has 1 aromatic carbocycles. The lowest BCUT2D eigenvalue weighted by molar-refractivity contribution is -0.137. The van der Waals surface area contributed by atoms with E-state index in [0.29, 0.717) is 10.6 Å². The van der Waals surface area contributed by atoms with Crippen molar-refractivity contribution >= 4 is 23.4 Å². The molecule has 0 aliphatic rings. The zero-order valence-electron chi connectivity index (χ0n) is 10.8. The highest BCUT2D eigenvalue weighted by Crippen LogP contribution is 2.31. The second-order valence-corrected chi connectivity index (χ2v) is 4.99. The van der Waals surface area contributed by atoms with Gasteiger partial charge in [0, 0.05) is 10.9 Å². The molecule has 8 heteroatoms. The molecule has 0 fully saturated rings. The zero-order valence-corrected chi connectivity index (χ0v) is 11.6. The number of nitriles is 1. The molecule has 1 heterocycles. The fraction of sp³-hybridized carbons (Fsp3) is 0.0714. The Morgan fingerprint density at radius 3 is 2.45 bits per heavy atom. The molecule has 2 rings (SSSR count). The third-order valence-electron chi connectivity index (χ3n) is 2.62. The normalized spacial score (nSPS) is 12.0. The van der Waals surface area contributed by atoms with Gasteiger partial charge >= 0.3 is 12.1 Å². The minimum absolute atomic E-state index is 0.263. The summed E-state index contributed by atoms with van der Waals surface area (Å²) in [5, 5.41) is 19.4.